The summed E-state index contributed by atoms with van der Waals surface area (Å²) in [6, 6.07) is 5.47. The van der Waals surface area contributed by atoms with E-state index in [2.05, 4.69) is 20.6 Å². The summed E-state index contributed by atoms with van der Waals surface area (Å²) in [6.07, 6.45) is 2.18. The van der Waals surface area contributed by atoms with Crippen molar-refractivity contribution >= 4 is 17.5 Å². The largest absolute Gasteiger partial charge is 0.357 e. The van der Waals surface area contributed by atoms with E-state index < -0.39 is 11.6 Å². The molecule has 1 fully saturated rings. The van der Waals surface area contributed by atoms with Gasteiger partial charge >= 0.3 is 0 Å². The van der Waals surface area contributed by atoms with Crippen LogP contribution < -0.4 is 10.6 Å². The molecule has 0 spiro atoms. The zero-order chi connectivity index (χ0) is 14.1. The first-order chi connectivity index (χ1) is 9.67. The molecule has 2 N–H and O–H groups in total. The average molecular weight is 276 g/mol. The third-order valence-electron chi connectivity index (χ3n) is 3.18. The third-order valence-corrected chi connectivity index (χ3v) is 3.18. The van der Waals surface area contributed by atoms with Crippen molar-refractivity contribution in [1.29, 1.82) is 0 Å². The predicted octanol–water partition coefficient (Wildman–Crippen LogP) is 3.42. The average Bonchev–Trinajstić information content (AvgIpc) is 3.27. The number of nitrogens with one attached hydrogen (secondary N) is 2. The van der Waals surface area contributed by atoms with Crippen molar-refractivity contribution in [2.45, 2.75) is 18.8 Å². The van der Waals surface area contributed by atoms with E-state index in [9.17, 15) is 8.78 Å². The number of halogens is 2. The van der Waals surface area contributed by atoms with Crippen molar-refractivity contribution in [3.8, 4) is 0 Å². The summed E-state index contributed by atoms with van der Waals surface area (Å²) in [5.74, 6) is -0.0507. The van der Waals surface area contributed by atoms with Crippen LogP contribution in [0.15, 0.2) is 24.3 Å². The van der Waals surface area contributed by atoms with E-state index in [4.69, 9.17) is 0 Å². The van der Waals surface area contributed by atoms with Gasteiger partial charge in [-0.05, 0) is 25.0 Å². The highest BCUT2D eigenvalue weighted by atomic mass is 19.1. The highest BCUT2D eigenvalue weighted by Gasteiger charge is 2.26. The second-order valence-corrected chi connectivity index (χ2v) is 4.75. The molecule has 1 saturated carbocycles. The van der Waals surface area contributed by atoms with Gasteiger partial charge in [0.15, 0.2) is 0 Å². The number of rotatable bonds is 4. The van der Waals surface area contributed by atoms with Crippen molar-refractivity contribution in [2.75, 3.05) is 17.7 Å². The Balaban J connectivity index is 1.95. The number of benzene rings is 1. The van der Waals surface area contributed by atoms with Crippen LogP contribution in [0, 0.1) is 11.6 Å². The number of hydrogen-bond acceptors (Lipinski definition) is 4. The van der Waals surface area contributed by atoms with Crippen molar-refractivity contribution < 1.29 is 8.78 Å². The quantitative estimate of drug-likeness (QED) is 0.898. The molecular formula is C14H14F2N4. The lowest BCUT2D eigenvalue weighted by Gasteiger charge is -2.10. The third kappa shape index (κ3) is 2.54. The Hall–Kier alpha value is -2.24. The summed E-state index contributed by atoms with van der Waals surface area (Å²) < 4.78 is 27.3. The lowest BCUT2D eigenvalue weighted by atomic mass is 10.2. The molecule has 0 amide bonds. The minimum absolute atomic E-state index is 0.199. The lowest BCUT2D eigenvalue weighted by Crippen LogP contribution is -2.05. The highest BCUT2D eigenvalue weighted by Crippen LogP contribution is 2.40. The zero-order valence-electron chi connectivity index (χ0n) is 11.0. The van der Waals surface area contributed by atoms with Gasteiger partial charge in [-0.25, -0.2) is 13.8 Å². The van der Waals surface area contributed by atoms with E-state index in [0.29, 0.717) is 17.7 Å². The van der Waals surface area contributed by atoms with Crippen LogP contribution in [-0.2, 0) is 0 Å². The predicted molar refractivity (Wildman–Crippen MR) is 73.2 cm³/mol. The van der Waals surface area contributed by atoms with Crippen LogP contribution in [0.5, 0.6) is 0 Å². The summed E-state index contributed by atoms with van der Waals surface area (Å²) in [5.41, 5.74) is 0.693. The van der Waals surface area contributed by atoms with Gasteiger partial charge in [0.25, 0.3) is 0 Å². The topological polar surface area (TPSA) is 49.8 Å². The van der Waals surface area contributed by atoms with Gasteiger partial charge in [0, 0.05) is 19.0 Å². The van der Waals surface area contributed by atoms with E-state index in [1.165, 1.54) is 18.2 Å². The fourth-order valence-corrected chi connectivity index (χ4v) is 1.98. The number of aromatic nitrogens is 2. The smallest absolute Gasteiger partial charge is 0.224 e. The molecule has 0 aliphatic heterocycles. The Morgan fingerprint density at radius 1 is 1.15 bits per heavy atom. The van der Waals surface area contributed by atoms with Gasteiger partial charge in [-0.3, -0.25) is 0 Å². The standard InChI is InChI=1S/C14H14F2N4/c1-17-14-18-11(8-5-6-8)7-12(20-14)19-13-9(15)3-2-4-10(13)16/h2-4,7-8H,5-6H2,1H3,(H2,17,18,19,20). The maximum Gasteiger partial charge on any atom is 0.224 e. The van der Waals surface area contributed by atoms with Gasteiger partial charge < -0.3 is 10.6 Å². The van der Waals surface area contributed by atoms with Gasteiger partial charge in [0.05, 0.1) is 5.69 Å². The van der Waals surface area contributed by atoms with Crippen molar-refractivity contribution in [2.24, 2.45) is 0 Å². The molecule has 1 aliphatic carbocycles. The molecule has 0 radical (unpaired) electrons. The Morgan fingerprint density at radius 3 is 2.45 bits per heavy atom. The van der Waals surface area contributed by atoms with Crippen LogP contribution in [0.2, 0.25) is 0 Å². The number of anilines is 3. The SMILES string of the molecule is CNc1nc(Nc2c(F)cccc2F)cc(C2CC2)n1. The molecule has 0 saturated heterocycles. The molecule has 3 rings (SSSR count). The van der Waals surface area contributed by atoms with Crippen LogP contribution >= 0.6 is 0 Å². The molecule has 0 unspecified atom stereocenters. The van der Waals surface area contributed by atoms with Gasteiger partial charge in [0.2, 0.25) is 5.95 Å². The van der Waals surface area contributed by atoms with E-state index in [0.717, 1.165) is 18.5 Å². The maximum absolute atomic E-state index is 13.6. The van der Waals surface area contributed by atoms with E-state index in [-0.39, 0.29) is 5.69 Å². The van der Waals surface area contributed by atoms with Crippen LogP contribution in [0.25, 0.3) is 0 Å². The monoisotopic (exact) mass is 276 g/mol. The molecule has 6 heteroatoms. The molecule has 4 nitrogen and oxygen atoms in total. The van der Waals surface area contributed by atoms with Crippen molar-refractivity contribution in [3.63, 3.8) is 0 Å². The zero-order valence-corrected chi connectivity index (χ0v) is 11.0. The Morgan fingerprint density at radius 2 is 1.85 bits per heavy atom. The van der Waals surface area contributed by atoms with Gasteiger partial charge in [-0.2, -0.15) is 4.98 Å². The molecule has 1 aromatic heterocycles. The normalized spacial score (nSPS) is 14.2. The summed E-state index contributed by atoms with van der Waals surface area (Å²) in [4.78, 5) is 8.52. The maximum atomic E-state index is 13.6. The molecule has 0 atom stereocenters. The second-order valence-electron chi connectivity index (χ2n) is 4.75. The Labute approximate surface area is 115 Å². The van der Waals surface area contributed by atoms with Crippen LogP contribution in [-0.4, -0.2) is 17.0 Å². The Bertz CT molecular complexity index is 621. The van der Waals surface area contributed by atoms with E-state index in [1.807, 2.05) is 0 Å². The fraction of sp³-hybridized carbons (Fsp3) is 0.286. The van der Waals surface area contributed by atoms with E-state index in [1.54, 1.807) is 13.1 Å². The second kappa shape index (κ2) is 5.03. The number of hydrogen-bond donors (Lipinski definition) is 2. The molecule has 2 aromatic rings. The lowest BCUT2D eigenvalue weighted by molar-refractivity contribution is 0.590. The fourth-order valence-electron chi connectivity index (χ4n) is 1.98. The van der Waals surface area contributed by atoms with Crippen LogP contribution in [0.3, 0.4) is 0 Å². The summed E-state index contributed by atoms with van der Waals surface area (Å²) in [7, 11) is 1.71. The van der Waals surface area contributed by atoms with Crippen LogP contribution in [0.4, 0.5) is 26.2 Å². The molecule has 0 bridgehead atoms. The number of para-hydroxylation sites is 1. The van der Waals surface area contributed by atoms with E-state index >= 15 is 0 Å². The first kappa shape index (κ1) is 12.8. The highest BCUT2D eigenvalue weighted by molar-refractivity contribution is 5.59. The summed E-state index contributed by atoms with van der Waals surface area (Å²) >= 11 is 0. The summed E-state index contributed by atoms with van der Waals surface area (Å²) in [6.45, 7) is 0. The molecule has 1 heterocycles. The molecule has 1 aliphatic rings. The molecular weight excluding hydrogens is 262 g/mol. The molecule has 20 heavy (non-hydrogen) atoms. The minimum Gasteiger partial charge on any atom is -0.357 e. The minimum atomic E-state index is -0.650. The summed E-state index contributed by atoms with van der Waals surface area (Å²) in [5, 5.41) is 5.55. The van der Waals surface area contributed by atoms with Crippen LogP contribution in [0.1, 0.15) is 24.5 Å². The first-order valence-corrected chi connectivity index (χ1v) is 6.45. The molecule has 104 valence electrons. The van der Waals surface area contributed by atoms with Gasteiger partial charge in [-0.15, -0.1) is 0 Å². The number of nitrogens with zero attached hydrogens (tertiary/aromatic N) is 2. The first-order valence-electron chi connectivity index (χ1n) is 6.45. The Kier molecular flexibility index (Phi) is 3.22. The van der Waals surface area contributed by atoms with Crippen molar-refractivity contribution in [1.82, 2.24) is 9.97 Å². The molecule has 1 aromatic carbocycles. The van der Waals surface area contributed by atoms with Gasteiger partial charge in [-0.1, -0.05) is 6.07 Å². The van der Waals surface area contributed by atoms with Gasteiger partial charge in [0.1, 0.15) is 23.1 Å². The van der Waals surface area contributed by atoms with Crippen molar-refractivity contribution in [3.05, 3.63) is 41.6 Å².